The molecule has 17 heavy (non-hydrogen) atoms. The molecule has 0 heterocycles. The van der Waals surface area contributed by atoms with E-state index in [-0.39, 0.29) is 17.8 Å². The van der Waals surface area contributed by atoms with Crippen molar-refractivity contribution >= 4 is 21.7 Å². The summed E-state index contributed by atoms with van der Waals surface area (Å²) in [6.45, 7) is 1.93. The fourth-order valence-electron chi connectivity index (χ4n) is 1.39. The van der Waals surface area contributed by atoms with E-state index in [1.807, 2.05) is 6.92 Å². The molecule has 0 fully saturated rings. The monoisotopic (exact) mass is 308 g/mol. The number of benzene rings is 1. The summed E-state index contributed by atoms with van der Waals surface area (Å²) in [6, 6.07) is 3.13. The molecule has 0 unspecified atom stereocenters. The van der Waals surface area contributed by atoms with Crippen LogP contribution >= 0.6 is 15.9 Å². The Labute approximate surface area is 106 Å². The molecule has 1 nitrogen and oxygen atoms in total. The molecule has 0 aliphatic heterocycles. The fraction of sp³-hybridized carbons (Fsp3) is 0.417. The summed E-state index contributed by atoms with van der Waals surface area (Å²) >= 11 is 3.10. The molecule has 1 aromatic rings. The molecule has 1 aromatic carbocycles. The molecule has 0 aliphatic rings. The maximum absolute atomic E-state index is 12.5. The van der Waals surface area contributed by atoms with Gasteiger partial charge in [-0.25, -0.2) is 0 Å². The highest BCUT2D eigenvalue weighted by Gasteiger charge is 2.31. The summed E-state index contributed by atoms with van der Waals surface area (Å²) in [5.41, 5.74) is -0.686. The Morgan fingerprint density at radius 2 is 2.00 bits per heavy atom. The van der Waals surface area contributed by atoms with Crippen LogP contribution in [0.1, 0.15) is 42.1 Å². The Morgan fingerprint density at radius 3 is 2.53 bits per heavy atom. The molecule has 5 heteroatoms. The first-order valence-corrected chi connectivity index (χ1v) is 6.05. The van der Waals surface area contributed by atoms with E-state index in [0.29, 0.717) is 10.9 Å². The summed E-state index contributed by atoms with van der Waals surface area (Å²) < 4.78 is 37.9. The van der Waals surface area contributed by atoms with E-state index in [1.54, 1.807) is 0 Å². The van der Waals surface area contributed by atoms with Gasteiger partial charge in [0.2, 0.25) is 0 Å². The Kier molecular flexibility index (Phi) is 4.74. The topological polar surface area (TPSA) is 17.1 Å². The van der Waals surface area contributed by atoms with Gasteiger partial charge in [0.25, 0.3) is 0 Å². The van der Waals surface area contributed by atoms with Gasteiger partial charge in [0, 0.05) is 16.5 Å². The van der Waals surface area contributed by atoms with Crippen molar-refractivity contribution in [2.75, 3.05) is 0 Å². The average molecular weight is 309 g/mol. The van der Waals surface area contributed by atoms with Crippen LogP contribution in [0.25, 0.3) is 0 Å². The predicted molar refractivity (Wildman–Crippen MR) is 63.0 cm³/mol. The van der Waals surface area contributed by atoms with Gasteiger partial charge in [-0.1, -0.05) is 29.3 Å². The Morgan fingerprint density at radius 1 is 1.35 bits per heavy atom. The molecule has 0 aliphatic carbocycles. The van der Waals surface area contributed by atoms with Crippen molar-refractivity contribution in [3.8, 4) is 0 Å². The van der Waals surface area contributed by atoms with Crippen molar-refractivity contribution in [2.45, 2.75) is 32.4 Å². The maximum Gasteiger partial charge on any atom is 0.416 e. The van der Waals surface area contributed by atoms with Crippen molar-refractivity contribution in [2.24, 2.45) is 0 Å². The molecule has 0 bridgehead atoms. The maximum atomic E-state index is 12.5. The lowest BCUT2D eigenvalue weighted by Crippen LogP contribution is -2.08. The van der Waals surface area contributed by atoms with Gasteiger partial charge in [0.1, 0.15) is 0 Å². The molecule has 0 atom stereocenters. The zero-order chi connectivity index (χ0) is 13.1. The van der Waals surface area contributed by atoms with Gasteiger partial charge >= 0.3 is 6.18 Å². The number of rotatable bonds is 4. The van der Waals surface area contributed by atoms with Crippen LogP contribution in [0, 0.1) is 0 Å². The van der Waals surface area contributed by atoms with E-state index >= 15 is 0 Å². The summed E-state index contributed by atoms with van der Waals surface area (Å²) in [5.74, 6) is -0.259. The van der Waals surface area contributed by atoms with Crippen molar-refractivity contribution < 1.29 is 18.0 Å². The third-order valence-electron chi connectivity index (χ3n) is 2.35. The lowest BCUT2D eigenvalue weighted by Gasteiger charge is -2.09. The summed E-state index contributed by atoms with van der Waals surface area (Å²) in [6.07, 6.45) is -2.62. The number of alkyl halides is 3. The second kappa shape index (κ2) is 5.67. The zero-order valence-electron chi connectivity index (χ0n) is 9.27. The minimum atomic E-state index is -4.42. The summed E-state index contributed by atoms with van der Waals surface area (Å²) in [5, 5.41) is 0. The van der Waals surface area contributed by atoms with E-state index in [2.05, 4.69) is 15.9 Å². The number of carbonyl (C=O) groups is 1. The quantitative estimate of drug-likeness (QED) is 0.727. The number of ketones is 1. The van der Waals surface area contributed by atoms with Gasteiger partial charge in [-0.2, -0.15) is 13.2 Å². The van der Waals surface area contributed by atoms with Gasteiger partial charge in [0.15, 0.2) is 5.78 Å². The molecule has 1 rings (SSSR count). The molecule has 0 saturated carbocycles. The van der Waals surface area contributed by atoms with Crippen molar-refractivity contribution in [3.63, 3.8) is 0 Å². The number of halogens is 4. The normalized spacial score (nSPS) is 11.6. The molecule has 0 radical (unpaired) electrons. The molecule has 94 valence electrons. The number of carbonyl (C=O) groups excluding carboxylic acids is 1. The number of hydrogen-bond acceptors (Lipinski definition) is 1. The van der Waals surface area contributed by atoms with Gasteiger partial charge in [-0.05, 0) is 24.6 Å². The Bertz CT molecular complexity index is 413. The van der Waals surface area contributed by atoms with E-state index in [0.717, 1.165) is 18.6 Å². The van der Waals surface area contributed by atoms with Crippen molar-refractivity contribution in [1.82, 2.24) is 0 Å². The van der Waals surface area contributed by atoms with Crippen LogP contribution in [-0.2, 0) is 6.18 Å². The van der Waals surface area contributed by atoms with Gasteiger partial charge in [-0.3, -0.25) is 4.79 Å². The number of hydrogen-bond donors (Lipinski definition) is 0. The van der Waals surface area contributed by atoms with Crippen LogP contribution in [-0.4, -0.2) is 5.78 Å². The Hall–Kier alpha value is -0.840. The lowest BCUT2D eigenvalue weighted by atomic mass is 10.0. The average Bonchev–Trinajstić information content (AvgIpc) is 2.24. The second-order valence-corrected chi connectivity index (χ2v) is 4.57. The van der Waals surface area contributed by atoms with Crippen LogP contribution in [0.15, 0.2) is 22.7 Å². The zero-order valence-corrected chi connectivity index (χ0v) is 10.9. The standard InChI is InChI=1S/C12H12BrF3O/c1-2-3-4-11(17)9-7-8(12(14,15)16)5-6-10(9)13/h5-7H,2-4H2,1H3. The first-order valence-electron chi connectivity index (χ1n) is 5.26. The number of Topliss-reactive ketones (excluding diaryl/α,β-unsaturated/α-hetero) is 1. The van der Waals surface area contributed by atoms with E-state index in [1.165, 1.54) is 6.07 Å². The minimum Gasteiger partial charge on any atom is -0.294 e. The van der Waals surface area contributed by atoms with Gasteiger partial charge < -0.3 is 0 Å². The molecule has 0 N–H and O–H groups in total. The van der Waals surface area contributed by atoms with E-state index in [9.17, 15) is 18.0 Å². The largest absolute Gasteiger partial charge is 0.416 e. The highest BCUT2D eigenvalue weighted by atomic mass is 79.9. The fourth-order valence-corrected chi connectivity index (χ4v) is 1.86. The highest BCUT2D eigenvalue weighted by molar-refractivity contribution is 9.10. The first-order chi connectivity index (χ1) is 7.86. The predicted octanol–water partition coefficient (Wildman–Crippen LogP) is 4.84. The van der Waals surface area contributed by atoms with E-state index in [4.69, 9.17) is 0 Å². The number of unbranched alkanes of at least 4 members (excludes halogenated alkanes) is 1. The molecule has 0 spiro atoms. The molecule has 0 aromatic heterocycles. The van der Waals surface area contributed by atoms with Crippen molar-refractivity contribution in [1.29, 1.82) is 0 Å². The second-order valence-electron chi connectivity index (χ2n) is 3.72. The third kappa shape index (κ3) is 3.84. The third-order valence-corrected chi connectivity index (χ3v) is 3.04. The summed E-state index contributed by atoms with van der Waals surface area (Å²) in [7, 11) is 0. The minimum absolute atomic E-state index is 0.105. The molecular formula is C12H12BrF3O. The highest BCUT2D eigenvalue weighted by Crippen LogP contribution is 2.32. The molecule has 0 saturated heterocycles. The van der Waals surface area contributed by atoms with Gasteiger partial charge in [-0.15, -0.1) is 0 Å². The summed E-state index contributed by atoms with van der Waals surface area (Å²) in [4.78, 5) is 11.7. The van der Waals surface area contributed by atoms with Crippen LogP contribution in [0.3, 0.4) is 0 Å². The van der Waals surface area contributed by atoms with Crippen LogP contribution in [0.5, 0.6) is 0 Å². The van der Waals surface area contributed by atoms with Crippen LogP contribution < -0.4 is 0 Å². The van der Waals surface area contributed by atoms with Crippen molar-refractivity contribution in [3.05, 3.63) is 33.8 Å². The smallest absolute Gasteiger partial charge is 0.294 e. The SMILES string of the molecule is CCCCC(=O)c1cc(C(F)(F)F)ccc1Br. The Balaban J connectivity index is 3.02. The lowest BCUT2D eigenvalue weighted by molar-refractivity contribution is -0.137. The molecular weight excluding hydrogens is 297 g/mol. The van der Waals surface area contributed by atoms with Gasteiger partial charge in [0.05, 0.1) is 5.56 Å². The van der Waals surface area contributed by atoms with Crippen LogP contribution in [0.4, 0.5) is 13.2 Å². The van der Waals surface area contributed by atoms with E-state index < -0.39 is 11.7 Å². The van der Waals surface area contributed by atoms with Crippen LogP contribution in [0.2, 0.25) is 0 Å². The first kappa shape index (κ1) is 14.2. The molecule has 0 amide bonds.